The van der Waals surface area contributed by atoms with E-state index in [9.17, 15) is 14.4 Å². The first-order valence-corrected chi connectivity index (χ1v) is 18.6. The molecular weight excluding hydrogens is 567 g/mol. The van der Waals surface area contributed by atoms with Crippen molar-refractivity contribution in [3.05, 3.63) is 22.2 Å². The minimum Gasteiger partial charge on any atom is -0.598 e. The molecule has 2 heterocycles. The van der Waals surface area contributed by atoms with E-state index in [1.807, 2.05) is 26.8 Å². The average molecular weight is 610 g/mol. The van der Waals surface area contributed by atoms with Crippen LogP contribution >= 0.6 is 26.4 Å². The zero-order valence-corrected chi connectivity index (χ0v) is 26.6. The molecule has 1 aromatic heterocycles. The van der Waals surface area contributed by atoms with Crippen LogP contribution in [-0.2, 0) is 16.9 Å². The highest BCUT2D eigenvalue weighted by atomic mass is 79.9. The van der Waals surface area contributed by atoms with Gasteiger partial charge in [0.05, 0.1) is 14.1 Å². The highest BCUT2D eigenvalue weighted by molar-refractivity contribution is 9.10. The normalized spacial score (nSPS) is 28.0. The SMILES string of the molecule is CC[Si](CC)(CC)c1cc(Br)nc(C(C)(CS2(O)NCCC[C@]2(C)C#N)N[S+]([O-])C(C)(C)C)c1F. The minimum atomic E-state index is -2.74. The van der Waals surface area contributed by atoms with Gasteiger partial charge in [-0.3, -0.25) is 4.72 Å². The zero-order chi connectivity index (χ0) is 26.9. The third-order valence-electron chi connectivity index (χ3n) is 7.58. The van der Waals surface area contributed by atoms with Crippen LogP contribution < -0.4 is 14.6 Å². The Hall–Kier alpha value is -0.193. The van der Waals surface area contributed by atoms with E-state index in [0.717, 1.165) is 24.6 Å². The van der Waals surface area contributed by atoms with Gasteiger partial charge in [0, 0.05) is 23.7 Å². The van der Waals surface area contributed by atoms with Gasteiger partial charge < -0.3 is 9.11 Å². The van der Waals surface area contributed by atoms with Gasteiger partial charge in [-0.2, -0.15) is 5.26 Å². The summed E-state index contributed by atoms with van der Waals surface area (Å²) in [5, 5.41) is 10.7. The largest absolute Gasteiger partial charge is 0.598 e. The maximum absolute atomic E-state index is 16.6. The third kappa shape index (κ3) is 6.11. The first-order chi connectivity index (χ1) is 16.1. The summed E-state index contributed by atoms with van der Waals surface area (Å²) in [7, 11) is -4.88. The van der Waals surface area contributed by atoms with Crippen LogP contribution in [0.25, 0.3) is 0 Å². The summed E-state index contributed by atoms with van der Waals surface area (Å²) in [6.07, 6.45) is 1.31. The van der Waals surface area contributed by atoms with E-state index in [-0.39, 0.29) is 17.3 Å². The molecular formula is C24H42BrFN4O2S2Si. The summed E-state index contributed by atoms with van der Waals surface area (Å²) in [4.78, 5) is 4.59. The van der Waals surface area contributed by atoms with Crippen molar-refractivity contribution in [3.8, 4) is 6.07 Å². The van der Waals surface area contributed by atoms with Gasteiger partial charge in [0.25, 0.3) is 0 Å². The number of pyridine rings is 1. The summed E-state index contributed by atoms with van der Waals surface area (Å²) >= 11 is 1.94. The molecule has 0 aromatic carbocycles. The van der Waals surface area contributed by atoms with Crippen molar-refractivity contribution in [1.29, 1.82) is 5.26 Å². The van der Waals surface area contributed by atoms with Crippen LogP contribution in [0, 0.1) is 17.1 Å². The van der Waals surface area contributed by atoms with Crippen molar-refractivity contribution in [2.75, 3.05) is 12.3 Å². The van der Waals surface area contributed by atoms with E-state index in [2.05, 4.69) is 57.2 Å². The van der Waals surface area contributed by atoms with Gasteiger partial charge in [0.2, 0.25) is 0 Å². The summed E-state index contributed by atoms with van der Waals surface area (Å²) < 4.78 is 47.1. The molecule has 0 bridgehead atoms. The molecule has 0 spiro atoms. The van der Waals surface area contributed by atoms with Crippen LogP contribution in [0.5, 0.6) is 0 Å². The van der Waals surface area contributed by atoms with E-state index < -0.39 is 45.0 Å². The Labute approximate surface area is 225 Å². The van der Waals surface area contributed by atoms with Crippen LogP contribution in [0.3, 0.4) is 0 Å². The Morgan fingerprint density at radius 1 is 1.34 bits per heavy atom. The lowest BCUT2D eigenvalue weighted by molar-refractivity contribution is 0.410. The van der Waals surface area contributed by atoms with E-state index in [4.69, 9.17) is 0 Å². The van der Waals surface area contributed by atoms with Gasteiger partial charge in [0.1, 0.15) is 31.1 Å². The molecule has 0 saturated carbocycles. The van der Waals surface area contributed by atoms with E-state index in [1.54, 1.807) is 13.8 Å². The summed E-state index contributed by atoms with van der Waals surface area (Å²) in [6.45, 7) is 16.0. The van der Waals surface area contributed by atoms with Crippen LogP contribution in [0.15, 0.2) is 10.7 Å². The van der Waals surface area contributed by atoms with Gasteiger partial charge in [0.15, 0.2) is 0 Å². The highest BCUT2D eigenvalue weighted by Gasteiger charge is 2.53. The molecule has 35 heavy (non-hydrogen) atoms. The molecule has 1 fully saturated rings. The Bertz CT molecular complexity index is 950. The smallest absolute Gasteiger partial charge is 0.146 e. The summed E-state index contributed by atoms with van der Waals surface area (Å²) in [5.41, 5.74) is -1.15. The zero-order valence-electron chi connectivity index (χ0n) is 22.3. The third-order valence-corrected chi connectivity index (χ3v) is 18.8. The monoisotopic (exact) mass is 608 g/mol. The summed E-state index contributed by atoms with van der Waals surface area (Å²) in [5.74, 6) is -0.381. The summed E-state index contributed by atoms with van der Waals surface area (Å²) in [6, 6.07) is 6.82. The van der Waals surface area contributed by atoms with Crippen molar-refractivity contribution < 1.29 is 13.5 Å². The van der Waals surface area contributed by atoms with E-state index in [0.29, 0.717) is 22.8 Å². The molecule has 1 saturated heterocycles. The Morgan fingerprint density at radius 2 is 1.91 bits per heavy atom. The number of halogens is 2. The molecule has 4 atom stereocenters. The van der Waals surface area contributed by atoms with Crippen LogP contribution in [-0.4, -0.2) is 44.0 Å². The van der Waals surface area contributed by atoms with Crippen molar-refractivity contribution in [1.82, 2.24) is 14.4 Å². The number of nitrogens with one attached hydrogen (secondary N) is 2. The van der Waals surface area contributed by atoms with Crippen LogP contribution in [0.2, 0.25) is 18.1 Å². The molecule has 3 unspecified atom stereocenters. The number of aromatic nitrogens is 1. The molecule has 6 nitrogen and oxygen atoms in total. The standard InChI is InChI=1S/C24H42BrFN4O2S2Si/c1-9-35(10-2,11-3)18-15-19(25)29-21(20(18)26)24(8,30-33(31)22(4,5)6)17-34(32)23(7,16-27)13-12-14-28-34/h15,28,30,32H,9-14,17H2,1-8H3/t23-,24?,33?/m1/s1. The lowest BCUT2D eigenvalue weighted by Gasteiger charge is -2.52. The molecule has 1 aliphatic rings. The minimum absolute atomic E-state index is 0.00459. The molecule has 2 rings (SSSR count). The van der Waals surface area contributed by atoms with Crippen LogP contribution in [0.4, 0.5) is 4.39 Å². The quantitative estimate of drug-likeness (QED) is 0.185. The van der Waals surface area contributed by atoms with Crippen molar-refractivity contribution >= 4 is 51.0 Å². The number of nitrogens with zero attached hydrogens (tertiary/aromatic N) is 2. The number of hydrogen-bond donors (Lipinski definition) is 3. The number of nitriles is 1. The van der Waals surface area contributed by atoms with Gasteiger partial charge in [-0.1, -0.05) is 49.4 Å². The molecule has 0 aliphatic carbocycles. The predicted octanol–water partition coefficient (Wildman–Crippen LogP) is 5.82. The number of hydrogen-bond acceptors (Lipinski definition) is 6. The molecule has 3 N–H and O–H groups in total. The Kier molecular flexibility index (Phi) is 10.00. The van der Waals surface area contributed by atoms with Crippen molar-refractivity contribution in [2.45, 2.75) is 101 Å². The van der Waals surface area contributed by atoms with Gasteiger partial charge in [-0.15, -0.1) is 4.72 Å². The second-order valence-electron chi connectivity index (χ2n) is 11.0. The van der Waals surface area contributed by atoms with Crippen LogP contribution in [0.1, 0.15) is 73.9 Å². The molecule has 200 valence electrons. The Morgan fingerprint density at radius 3 is 2.40 bits per heavy atom. The maximum Gasteiger partial charge on any atom is 0.146 e. The second kappa shape index (κ2) is 11.3. The number of rotatable bonds is 9. The topological polar surface area (TPSA) is 104 Å². The first-order valence-electron chi connectivity index (χ1n) is 12.3. The highest BCUT2D eigenvalue weighted by Crippen LogP contribution is 2.59. The lowest BCUT2D eigenvalue weighted by atomic mass is 10.0. The fraction of sp³-hybridized carbons (Fsp3) is 0.750. The van der Waals surface area contributed by atoms with Gasteiger partial charge in [-0.05, 0) is 74.6 Å². The van der Waals surface area contributed by atoms with Crippen molar-refractivity contribution in [2.24, 2.45) is 0 Å². The maximum atomic E-state index is 16.6. The van der Waals surface area contributed by atoms with Gasteiger partial charge in [-0.25, -0.2) is 9.37 Å². The van der Waals surface area contributed by atoms with Crippen molar-refractivity contribution in [3.63, 3.8) is 0 Å². The first kappa shape index (κ1) is 31.0. The molecule has 1 aromatic rings. The molecule has 0 amide bonds. The second-order valence-corrected chi connectivity index (χ2v) is 21.9. The molecule has 1 aliphatic heterocycles. The molecule has 0 radical (unpaired) electrons. The fourth-order valence-electron chi connectivity index (χ4n) is 4.83. The predicted molar refractivity (Wildman–Crippen MR) is 153 cm³/mol. The van der Waals surface area contributed by atoms with E-state index >= 15 is 4.39 Å². The lowest BCUT2D eigenvalue weighted by Crippen LogP contribution is -2.58. The van der Waals surface area contributed by atoms with E-state index in [1.165, 1.54) is 0 Å². The fourth-order valence-corrected chi connectivity index (χ4v) is 13.0. The van der Waals surface area contributed by atoms with Gasteiger partial charge >= 0.3 is 0 Å². The molecule has 11 heteroatoms. The average Bonchev–Trinajstić information content (AvgIpc) is 2.78. The Balaban J connectivity index is 2.79.